The SMILES string of the molecule is COP(=O)(OC)c1nc(-c2cccc([N+](=O)[O-])c2)oc1NCc1ccccc1Cl. The van der Waals surface area contributed by atoms with Crippen LogP contribution in [0.5, 0.6) is 0 Å². The molecule has 0 unspecified atom stereocenters. The minimum Gasteiger partial charge on any atom is -0.420 e. The van der Waals surface area contributed by atoms with E-state index >= 15 is 0 Å². The molecule has 0 saturated carbocycles. The first-order valence-corrected chi connectivity index (χ1v) is 10.2. The molecule has 1 heterocycles. The van der Waals surface area contributed by atoms with Crippen LogP contribution < -0.4 is 10.8 Å². The second-order valence-corrected chi connectivity index (χ2v) is 8.34. The number of hydrogen-bond acceptors (Lipinski definition) is 8. The molecule has 1 aromatic heterocycles. The third-order valence-electron chi connectivity index (χ3n) is 4.05. The molecule has 152 valence electrons. The topological polar surface area (TPSA) is 117 Å². The molecule has 0 amide bonds. The Morgan fingerprint density at radius 2 is 1.93 bits per heavy atom. The van der Waals surface area contributed by atoms with Gasteiger partial charge in [-0.3, -0.25) is 14.7 Å². The lowest BCUT2D eigenvalue weighted by molar-refractivity contribution is -0.384. The van der Waals surface area contributed by atoms with Crippen molar-refractivity contribution in [3.63, 3.8) is 0 Å². The van der Waals surface area contributed by atoms with Crippen LogP contribution in [-0.4, -0.2) is 24.1 Å². The van der Waals surface area contributed by atoms with Crippen LogP contribution in [0.2, 0.25) is 5.02 Å². The minimum absolute atomic E-state index is 0.0275. The van der Waals surface area contributed by atoms with Gasteiger partial charge in [0.25, 0.3) is 5.69 Å². The number of nitrogens with zero attached hydrogens (tertiary/aromatic N) is 2. The Balaban J connectivity index is 2.02. The van der Waals surface area contributed by atoms with Crippen LogP contribution in [0, 0.1) is 10.1 Å². The Bertz CT molecular complexity index is 1080. The summed E-state index contributed by atoms with van der Waals surface area (Å²) in [5, 5.41) is 14.6. The Kier molecular flexibility index (Phi) is 6.34. The summed E-state index contributed by atoms with van der Waals surface area (Å²) in [5.74, 6) is 0.0816. The summed E-state index contributed by atoms with van der Waals surface area (Å²) in [6.07, 6.45) is 0. The molecule has 0 saturated heterocycles. The van der Waals surface area contributed by atoms with Gasteiger partial charge in [0.2, 0.25) is 17.2 Å². The Hall–Kier alpha value is -2.71. The molecule has 3 aromatic rings. The maximum absolute atomic E-state index is 12.9. The van der Waals surface area contributed by atoms with E-state index < -0.39 is 12.5 Å². The van der Waals surface area contributed by atoms with Crippen LogP contribution in [0.4, 0.5) is 11.6 Å². The normalized spacial score (nSPS) is 11.4. The number of non-ortho nitro benzene ring substituents is 1. The molecular weight excluding hydrogens is 421 g/mol. The van der Waals surface area contributed by atoms with Gasteiger partial charge in [-0.15, -0.1) is 0 Å². The summed E-state index contributed by atoms with van der Waals surface area (Å²) in [4.78, 5) is 14.7. The van der Waals surface area contributed by atoms with Gasteiger partial charge in [-0.25, -0.2) is 0 Å². The lowest BCUT2D eigenvalue weighted by atomic mass is 10.2. The van der Waals surface area contributed by atoms with Crippen LogP contribution in [0.25, 0.3) is 11.5 Å². The van der Waals surface area contributed by atoms with Gasteiger partial charge in [-0.1, -0.05) is 35.9 Å². The first kappa shape index (κ1) is 21.0. The Morgan fingerprint density at radius 3 is 2.59 bits per heavy atom. The summed E-state index contributed by atoms with van der Waals surface area (Å²) in [7, 11) is -1.32. The maximum atomic E-state index is 12.9. The van der Waals surface area contributed by atoms with E-state index in [4.69, 9.17) is 25.1 Å². The van der Waals surface area contributed by atoms with Gasteiger partial charge >= 0.3 is 7.60 Å². The number of benzene rings is 2. The predicted octanol–water partition coefficient (Wildman–Crippen LogP) is 4.63. The molecule has 3 rings (SSSR count). The van der Waals surface area contributed by atoms with Gasteiger partial charge in [0.15, 0.2) is 0 Å². The molecule has 2 aromatic carbocycles. The number of oxazole rings is 1. The molecule has 0 spiro atoms. The van der Waals surface area contributed by atoms with Gasteiger partial charge in [0, 0.05) is 43.5 Å². The average molecular weight is 438 g/mol. The first-order chi connectivity index (χ1) is 13.9. The number of nitrogens with one attached hydrogen (secondary N) is 1. The molecule has 0 aliphatic rings. The molecule has 0 atom stereocenters. The molecule has 29 heavy (non-hydrogen) atoms. The average Bonchev–Trinajstić information content (AvgIpc) is 3.17. The number of nitro groups is 1. The van der Waals surface area contributed by atoms with Gasteiger partial charge in [-0.2, -0.15) is 4.98 Å². The van der Waals surface area contributed by atoms with Crippen LogP contribution in [0.3, 0.4) is 0 Å². The van der Waals surface area contributed by atoms with Crippen LogP contribution in [0.15, 0.2) is 52.9 Å². The third-order valence-corrected chi connectivity index (χ3v) is 6.20. The fraction of sp³-hybridized carbons (Fsp3) is 0.167. The standard InChI is InChI=1S/C18H17ClN3O6P/c1-26-29(25,27-2)18-17(20-11-13-6-3-4-9-15(13)19)28-16(21-18)12-7-5-8-14(10-12)22(23)24/h3-10,20H,11H2,1-2H3. The van der Waals surface area contributed by atoms with Gasteiger partial charge in [0.05, 0.1) is 4.92 Å². The number of halogens is 1. The smallest absolute Gasteiger partial charge is 0.384 e. The molecular formula is C18H17ClN3O6P. The molecule has 1 N–H and O–H groups in total. The van der Waals surface area contributed by atoms with Crippen molar-refractivity contribution >= 4 is 36.2 Å². The van der Waals surface area contributed by atoms with Crippen molar-refractivity contribution in [2.24, 2.45) is 0 Å². The van der Waals surface area contributed by atoms with E-state index in [9.17, 15) is 14.7 Å². The highest BCUT2D eigenvalue weighted by Gasteiger charge is 2.34. The highest BCUT2D eigenvalue weighted by Crippen LogP contribution is 2.47. The summed E-state index contributed by atoms with van der Waals surface area (Å²) in [6, 6.07) is 12.9. The lowest BCUT2D eigenvalue weighted by Crippen LogP contribution is -2.15. The van der Waals surface area contributed by atoms with Crippen molar-refractivity contribution < 1.29 is 23.0 Å². The molecule has 0 bridgehead atoms. The number of anilines is 1. The summed E-state index contributed by atoms with van der Waals surface area (Å²) >= 11 is 6.17. The zero-order chi connectivity index (χ0) is 21.0. The van der Waals surface area contributed by atoms with Crippen molar-refractivity contribution in [3.8, 4) is 11.5 Å². The van der Waals surface area contributed by atoms with Gasteiger partial charge < -0.3 is 18.8 Å². The largest absolute Gasteiger partial charge is 0.420 e. The third kappa shape index (κ3) is 4.49. The van der Waals surface area contributed by atoms with Crippen LogP contribution in [-0.2, 0) is 20.2 Å². The molecule has 0 fully saturated rings. The highest BCUT2D eigenvalue weighted by molar-refractivity contribution is 7.62. The number of rotatable bonds is 8. The van der Waals surface area contributed by atoms with Crippen LogP contribution in [0.1, 0.15) is 5.56 Å². The summed E-state index contributed by atoms with van der Waals surface area (Å²) < 4.78 is 28.7. The second-order valence-electron chi connectivity index (χ2n) is 5.79. The zero-order valence-corrected chi connectivity index (χ0v) is 17.1. The predicted molar refractivity (Wildman–Crippen MR) is 109 cm³/mol. The maximum Gasteiger partial charge on any atom is 0.384 e. The molecule has 0 radical (unpaired) electrons. The first-order valence-electron chi connectivity index (χ1n) is 8.33. The molecule has 11 heteroatoms. The van der Waals surface area contributed by atoms with E-state index in [0.29, 0.717) is 10.6 Å². The number of hydrogen-bond donors (Lipinski definition) is 1. The van der Waals surface area contributed by atoms with Gasteiger partial charge in [0.1, 0.15) is 0 Å². The van der Waals surface area contributed by atoms with Gasteiger partial charge in [-0.05, 0) is 17.7 Å². The van der Waals surface area contributed by atoms with Crippen molar-refractivity contribution in [1.29, 1.82) is 0 Å². The zero-order valence-electron chi connectivity index (χ0n) is 15.5. The fourth-order valence-electron chi connectivity index (χ4n) is 2.55. The van der Waals surface area contributed by atoms with E-state index in [2.05, 4.69) is 10.3 Å². The second kappa shape index (κ2) is 8.75. The van der Waals surface area contributed by atoms with E-state index in [-0.39, 0.29) is 29.4 Å². The summed E-state index contributed by atoms with van der Waals surface area (Å²) in [6.45, 7) is 0.254. The molecule has 0 aliphatic heterocycles. The van der Waals surface area contributed by atoms with Crippen molar-refractivity contribution in [3.05, 3.63) is 69.2 Å². The Morgan fingerprint density at radius 1 is 1.21 bits per heavy atom. The van der Waals surface area contributed by atoms with E-state index in [1.165, 1.54) is 32.4 Å². The van der Waals surface area contributed by atoms with Crippen molar-refractivity contribution in [1.82, 2.24) is 4.98 Å². The molecule has 0 aliphatic carbocycles. The van der Waals surface area contributed by atoms with E-state index in [1.54, 1.807) is 18.2 Å². The Labute approximate surface area is 171 Å². The fourth-order valence-corrected chi connectivity index (χ4v) is 3.84. The van der Waals surface area contributed by atoms with Crippen LogP contribution >= 0.6 is 19.2 Å². The number of nitro benzene ring substituents is 1. The lowest BCUT2D eigenvalue weighted by Gasteiger charge is -2.12. The quantitative estimate of drug-likeness (QED) is 0.308. The van der Waals surface area contributed by atoms with E-state index in [1.807, 2.05) is 12.1 Å². The molecule has 9 nitrogen and oxygen atoms in total. The number of aromatic nitrogens is 1. The highest BCUT2D eigenvalue weighted by atomic mass is 35.5. The van der Waals surface area contributed by atoms with Crippen molar-refractivity contribution in [2.75, 3.05) is 19.5 Å². The minimum atomic E-state index is -3.77. The summed E-state index contributed by atoms with van der Waals surface area (Å²) in [5.41, 5.74) is 0.911. The monoisotopic (exact) mass is 437 g/mol. The van der Waals surface area contributed by atoms with E-state index in [0.717, 1.165) is 5.56 Å². The van der Waals surface area contributed by atoms with Crippen molar-refractivity contribution in [2.45, 2.75) is 6.54 Å².